The zero-order valence-electron chi connectivity index (χ0n) is 29.0. The second-order valence-electron chi connectivity index (χ2n) is 14.3. The Hall–Kier alpha value is -3.80. The molecule has 2 N–H and O–H groups in total. The lowest BCUT2D eigenvalue weighted by molar-refractivity contribution is -0.154. The molecule has 268 valence electrons. The molecule has 10 nitrogen and oxygen atoms in total. The number of likely N-dealkylation sites (tertiary alicyclic amines) is 1. The SMILES string of the molecule is C=CCCC(=O)OC[C@@H](NC(=O)[C@@H]1[C@H]2O[C@@]3(CC2Br)[C@H](C(=O)N(CC=C)C(C)(C)C)N([C@@H](CO)Cc2ccccc2)C(=O)[C@@H]13)c1ccccc1. The lowest BCUT2D eigenvalue weighted by Gasteiger charge is -2.43. The van der Waals surface area contributed by atoms with Gasteiger partial charge in [-0.2, -0.15) is 0 Å². The Bertz CT molecular complexity index is 1560. The molecular weight excluding hydrogens is 702 g/mol. The number of nitrogens with one attached hydrogen (secondary N) is 1. The largest absolute Gasteiger partial charge is 0.463 e. The number of esters is 1. The van der Waals surface area contributed by atoms with Gasteiger partial charge in [-0.3, -0.25) is 19.2 Å². The topological polar surface area (TPSA) is 125 Å². The normalized spacial score (nSPS) is 26.5. The molecule has 11 heteroatoms. The van der Waals surface area contributed by atoms with Gasteiger partial charge in [-0.1, -0.05) is 88.7 Å². The number of hydrogen-bond acceptors (Lipinski definition) is 7. The molecule has 2 bridgehead atoms. The Morgan fingerprint density at radius 2 is 1.78 bits per heavy atom. The molecule has 3 fully saturated rings. The van der Waals surface area contributed by atoms with E-state index in [1.54, 1.807) is 17.1 Å². The summed E-state index contributed by atoms with van der Waals surface area (Å²) in [6.07, 6.45) is 3.85. The minimum atomic E-state index is -1.33. The van der Waals surface area contributed by atoms with Gasteiger partial charge in [-0.15, -0.1) is 13.2 Å². The third-order valence-corrected chi connectivity index (χ3v) is 10.9. The number of aliphatic hydroxyl groups is 1. The first-order valence-corrected chi connectivity index (χ1v) is 18.1. The van der Waals surface area contributed by atoms with Crippen LogP contribution in [-0.2, 0) is 35.1 Å². The number of fused-ring (bicyclic) bond motifs is 1. The minimum Gasteiger partial charge on any atom is -0.463 e. The number of carbonyl (C=O) groups excluding carboxylic acids is 4. The van der Waals surface area contributed by atoms with Crippen LogP contribution in [0.3, 0.4) is 0 Å². The highest BCUT2D eigenvalue weighted by Crippen LogP contribution is 2.60. The Morgan fingerprint density at radius 1 is 1.12 bits per heavy atom. The van der Waals surface area contributed by atoms with Crippen molar-refractivity contribution in [3.8, 4) is 0 Å². The molecule has 1 unspecified atom stereocenters. The summed E-state index contributed by atoms with van der Waals surface area (Å²) in [4.78, 5) is 59.5. The van der Waals surface area contributed by atoms with Crippen molar-refractivity contribution in [2.24, 2.45) is 11.8 Å². The lowest BCUT2D eigenvalue weighted by atomic mass is 9.70. The van der Waals surface area contributed by atoms with Crippen molar-refractivity contribution in [2.75, 3.05) is 19.8 Å². The van der Waals surface area contributed by atoms with Crippen molar-refractivity contribution >= 4 is 39.6 Å². The van der Waals surface area contributed by atoms with Crippen LogP contribution in [0.4, 0.5) is 0 Å². The van der Waals surface area contributed by atoms with Crippen LogP contribution in [0.25, 0.3) is 0 Å². The van der Waals surface area contributed by atoms with Crippen molar-refractivity contribution in [1.82, 2.24) is 15.1 Å². The number of aliphatic hydroxyl groups excluding tert-OH is 1. The Kier molecular flexibility index (Phi) is 11.7. The van der Waals surface area contributed by atoms with E-state index < -0.39 is 71.6 Å². The maximum Gasteiger partial charge on any atom is 0.306 e. The van der Waals surface area contributed by atoms with Crippen LogP contribution in [0.5, 0.6) is 0 Å². The summed E-state index contributed by atoms with van der Waals surface area (Å²) in [6, 6.07) is 16.1. The maximum absolute atomic E-state index is 14.9. The summed E-state index contributed by atoms with van der Waals surface area (Å²) in [7, 11) is 0. The van der Waals surface area contributed by atoms with E-state index in [2.05, 4.69) is 34.4 Å². The highest BCUT2D eigenvalue weighted by Gasteiger charge is 2.77. The average Bonchev–Trinajstić information content (AvgIpc) is 3.70. The zero-order valence-corrected chi connectivity index (χ0v) is 30.6. The van der Waals surface area contributed by atoms with E-state index in [4.69, 9.17) is 9.47 Å². The molecule has 3 aliphatic rings. The van der Waals surface area contributed by atoms with Gasteiger partial charge < -0.3 is 29.7 Å². The summed E-state index contributed by atoms with van der Waals surface area (Å²) in [5.74, 6) is -3.53. The highest BCUT2D eigenvalue weighted by atomic mass is 79.9. The van der Waals surface area contributed by atoms with Gasteiger partial charge in [0.2, 0.25) is 17.7 Å². The molecule has 3 saturated heterocycles. The summed E-state index contributed by atoms with van der Waals surface area (Å²) in [6.45, 7) is 13.0. The molecule has 2 aromatic rings. The van der Waals surface area contributed by atoms with E-state index in [0.29, 0.717) is 19.3 Å². The van der Waals surface area contributed by atoms with E-state index in [1.807, 2.05) is 81.4 Å². The van der Waals surface area contributed by atoms with Gasteiger partial charge in [0.1, 0.15) is 18.2 Å². The first-order chi connectivity index (χ1) is 23.9. The van der Waals surface area contributed by atoms with Gasteiger partial charge in [0.05, 0.1) is 36.6 Å². The predicted octanol–water partition coefficient (Wildman–Crippen LogP) is 4.52. The van der Waals surface area contributed by atoms with Crippen molar-refractivity contribution in [3.05, 3.63) is 97.1 Å². The fourth-order valence-electron chi connectivity index (χ4n) is 7.79. The average molecular weight is 751 g/mol. The standard InChI is InChI=1S/C39H48BrN3O7/c1-6-8-19-30(45)49-24-29(26-17-13-10-14-18-26)41-35(46)31-32-36(47)43(27(23-44)21-25-15-11-9-12-16-25)34(39(32)22-28(40)33(31)50-39)37(48)42(20-7-2)38(3,4)5/h6-7,9-18,27-29,31-34,44H,1-2,8,19-24H2,3-5H3,(H,41,46)/t27-,28?,29-,31+,32-,33+,34+,39-/m1/s1. The Labute approximate surface area is 303 Å². The van der Waals surface area contributed by atoms with Crippen LogP contribution in [0.15, 0.2) is 86.0 Å². The third-order valence-electron chi connectivity index (χ3n) is 10.1. The maximum atomic E-state index is 14.9. The molecule has 1 spiro atoms. The number of carbonyl (C=O) groups is 4. The van der Waals surface area contributed by atoms with Gasteiger partial charge in [-0.05, 0) is 51.2 Å². The third kappa shape index (κ3) is 7.31. The van der Waals surface area contributed by atoms with Gasteiger partial charge in [0, 0.05) is 23.3 Å². The van der Waals surface area contributed by atoms with Crippen LogP contribution in [0, 0.1) is 11.8 Å². The van der Waals surface area contributed by atoms with Gasteiger partial charge in [-0.25, -0.2) is 0 Å². The second-order valence-corrected chi connectivity index (χ2v) is 15.5. The smallest absolute Gasteiger partial charge is 0.306 e. The van der Waals surface area contributed by atoms with Crippen LogP contribution >= 0.6 is 15.9 Å². The van der Waals surface area contributed by atoms with E-state index >= 15 is 0 Å². The lowest BCUT2D eigenvalue weighted by Crippen LogP contribution is -2.62. The predicted molar refractivity (Wildman–Crippen MR) is 193 cm³/mol. The highest BCUT2D eigenvalue weighted by molar-refractivity contribution is 9.09. The van der Waals surface area contributed by atoms with Gasteiger partial charge in [0.15, 0.2) is 0 Å². The quantitative estimate of drug-likeness (QED) is 0.156. The molecule has 3 amide bonds. The molecule has 0 aliphatic carbocycles. The summed E-state index contributed by atoms with van der Waals surface area (Å²) < 4.78 is 12.3. The van der Waals surface area contributed by atoms with E-state index in [1.165, 1.54) is 4.90 Å². The summed E-state index contributed by atoms with van der Waals surface area (Å²) in [5.41, 5.74) is -0.336. The van der Waals surface area contributed by atoms with Crippen LogP contribution in [0.1, 0.15) is 57.2 Å². The minimum absolute atomic E-state index is 0.107. The summed E-state index contributed by atoms with van der Waals surface area (Å²) >= 11 is 3.75. The summed E-state index contributed by atoms with van der Waals surface area (Å²) in [5, 5.41) is 13.9. The van der Waals surface area contributed by atoms with Crippen molar-refractivity contribution in [3.63, 3.8) is 0 Å². The number of rotatable bonds is 15. The number of hydrogen-bond donors (Lipinski definition) is 2. The molecule has 0 aromatic heterocycles. The Balaban J connectivity index is 1.53. The molecule has 0 saturated carbocycles. The molecule has 5 rings (SSSR count). The van der Waals surface area contributed by atoms with Gasteiger partial charge >= 0.3 is 5.97 Å². The number of benzene rings is 2. The second kappa shape index (κ2) is 15.6. The molecule has 8 atom stereocenters. The molecule has 2 aromatic carbocycles. The first kappa shape index (κ1) is 37.5. The number of amides is 3. The fourth-order valence-corrected chi connectivity index (χ4v) is 8.73. The number of ether oxygens (including phenoxy) is 2. The first-order valence-electron chi connectivity index (χ1n) is 17.2. The van der Waals surface area contributed by atoms with E-state index in [0.717, 1.165) is 11.1 Å². The fraction of sp³-hybridized carbons (Fsp3) is 0.487. The number of alkyl halides is 1. The molecule has 0 radical (unpaired) electrons. The van der Waals surface area contributed by atoms with Crippen LogP contribution in [-0.4, -0.2) is 92.5 Å². The van der Waals surface area contributed by atoms with E-state index in [-0.39, 0.29) is 30.3 Å². The molecule has 50 heavy (non-hydrogen) atoms. The zero-order chi connectivity index (χ0) is 36.2. The number of allylic oxidation sites excluding steroid dienone is 1. The van der Waals surface area contributed by atoms with Crippen LogP contribution in [0.2, 0.25) is 0 Å². The molecular formula is C39H48BrN3O7. The van der Waals surface area contributed by atoms with Crippen molar-refractivity contribution in [2.45, 2.75) is 86.7 Å². The van der Waals surface area contributed by atoms with Crippen LogP contribution < -0.4 is 5.32 Å². The van der Waals surface area contributed by atoms with Crippen molar-refractivity contribution < 1.29 is 33.8 Å². The number of halogens is 1. The molecule has 3 aliphatic heterocycles. The number of nitrogens with zero attached hydrogens (tertiary/aromatic N) is 2. The monoisotopic (exact) mass is 749 g/mol. The van der Waals surface area contributed by atoms with Gasteiger partial charge in [0.25, 0.3) is 0 Å². The Morgan fingerprint density at radius 3 is 2.38 bits per heavy atom. The molecule has 3 heterocycles. The van der Waals surface area contributed by atoms with E-state index in [9.17, 15) is 24.3 Å². The van der Waals surface area contributed by atoms with Crippen molar-refractivity contribution in [1.29, 1.82) is 0 Å².